The number of carbonyl (C=O) groups is 1. The van der Waals surface area contributed by atoms with Gasteiger partial charge in [0.15, 0.2) is 16.1 Å². The molecule has 10 heteroatoms. The van der Waals surface area contributed by atoms with Gasteiger partial charge in [-0.3, -0.25) is 9.63 Å². The van der Waals surface area contributed by atoms with Crippen molar-refractivity contribution in [3.05, 3.63) is 82.0 Å². The van der Waals surface area contributed by atoms with Crippen molar-refractivity contribution in [1.29, 1.82) is 0 Å². The molecule has 1 heterocycles. The predicted molar refractivity (Wildman–Crippen MR) is 123 cm³/mol. The molecule has 0 aliphatic heterocycles. The van der Waals surface area contributed by atoms with E-state index in [1.165, 1.54) is 0 Å². The van der Waals surface area contributed by atoms with E-state index in [0.29, 0.717) is 0 Å². The van der Waals surface area contributed by atoms with Crippen molar-refractivity contribution in [2.75, 3.05) is 6.26 Å². The minimum Gasteiger partial charge on any atom is -0.331 e. The summed E-state index contributed by atoms with van der Waals surface area (Å²) in [5.41, 5.74) is 4.00. The van der Waals surface area contributed by atoms with Crippen molar-refractivity contribution >= 4 is 15.7 Å². The first-order valence-electron chi connectivity index (χ1n) is 10.3. The van der Waals surface area contributed by atoms with Gasteiger partial charge in [0.25, 0.3) is 5.09 Å². The Kier molecular flexibility index (Phi) is 7.17. The molecule has 0 saturated heterocycles. The predicted octanol–water partition coefficient (Wildman–Crippen LogP) is 3.46. The minimum atomic E-state index is -3.33. The summed E-state index contributed by atoms with van der Waals surface area (Å²) >= 11 is 0. The lowest BCUT2D eigenvalue weighted by Gasteiger charge is -2.15. The summed E-state index contributed by atoms with van der Waals surface area (Å²) in [5, 5.41) is 12.2. The molecule has 1 N–H and O–H groups in total. The van der Waals surface area contributed by atoms with Crippen molar-refractivity contribution < 1.29 is 23.1 Å². The van der Waals surface area contributed by atoms with Crippen LogP contribution in [0.15, 0.2) is 65.6 Å². The number of carbonyl (C=O) groups excluding carboxylic acids is 1. The van der Waals surface area contributed by atoms with Crippen LogP contribution in [-0.2, 0) is 25.9 Å². The topological polar surface area (TPSA) is 121 Å². The van der Waals surface area contributed by atoms with E-state index in [4.69, 9.17) is 0 Å². The number of nitrogens with zero attached hydrogens (tertiary/aromatic N) is 2. The Bertz CT molecular complexity index is 1250. The van der Waals surface area contributed by atoms with Crippen molar-refractivity contribution in [3.8, 4) is 16.9 Å². The SMILES string of the molecule is CCC(NC(=O)Cc1cc(-c2ccc(S(C)(=O)=O)cc2)n(-c2ccccc2)c1C)O[N+](=O)[O-]. The van der Waals surface area contributed by atoms with E-state index in [9.17, 15) is 23.3 Å². The highest BCUT2D eigenvalue weighted by Crippen LogP contribution is 2.30. The number of para-hydroxylation sites is 1. The fraction of sp³-hybridized carbons (Fsp3) is 0.261. The molecule has 0 fully saturated rings. The molecule has 0 radical (unpaired) electrons. The molecule has 2 aromatic carbocycles. The van der Waals surface area contributed by atoms with Gasteiger partial charge in [0.2, 0.25) is 5.91 Å². The Morgan fingerprint density at radius 3 is 2.33 bits per heavy atom. The molecule has 1 unspecified atom stereocenters. The Morgan fingerprint density at radius 2 is 1.79 bits per heavy atom. The van der Waals surface area contributed by atoms with Crippen LogP contribution in [0.2, 0.25) is 0 Å². The Labute approximate surface area is 192 Å². The highest BCUT2D eigenvalue weighted by Gasteiger charge is 2.20. The fourth-order valence-corrected chi connectivity index (χ4v) is 4.17. The average molecular weight is 472 g/mol. The third kappa shape index (κ3) is 5.78. The van der Waals surface area contributed by atoms with Crippen LogP contribution in [0.1, 0.15) is 24.6 Å². The van der Waals surface area contributed by atoms with E-state index in [1.807, 2.05) is 47.9 Å². The maximum absolute atomic E-state index is 12.6. The molecule has 1 atom stereocenters. The standard InChI is InChI=1S/C23H25N3O6S/c1-4-23(32-26(28)29)24-22(27)15-18-14-21(17-10-12-20(13-11-17)33(3,30)31)25(16(18)2)19-8-6-5-7-9-19/h5-14,23H,4,15H2,1-3H3,(H,24,27). The van der Waals surface area contributed by atoms with E-state index in [-0.39, 0.29) is 17.7 Å². The summed E-state index contributed by atoms with van der Waals surface area (Å²) in [5.74, 6) is -0.406. The third-order valence-corrected chi connectivity index (χ3v) is 6.33. The first-order valence-corrected chi connectivity index (χ1v) is 12.2. The second-order valence-electron chi connectivity index (χ2n) is 7.58. The van der Waals surface area contributed by atoms with Crippen molar-refractivity contribution in [1.82, 2.24) is 9.88 Å². The Hall–Kier alpha value is -3.66. The lowest BCUT2D eigenvalue weighted by molar-refractivity contribution is -0.769. The summed E-state index contributed by atoms with van der Waals surface area (Å²) < 4.78 is 25.6. The molecule has 0 saturated carbocycles. The summed E-state index contributed by atoms with van der Waals surface area (Å²) in [6.07, 6.45) is 0.376. The molecular formula is C23H25N3O6S. The van der Waals surface area contributed by atoms with Crippen molar-refractivity contribution in [2.45, 2.75) is 37.8 Å². The second-order valence-corrected chi connectivity index (χ2v) is 9.59. The first-order chi connectivity index (χ1) is 15.6. The number of nitrogens with one attached hydrogen (secondary N) is 1. The van der Waals surface area contributed by atoms with Crippen LogP contribution < -0.4 is 5.32 Å². The third-order valence-electron chi connectivity index (χ3n) is 5.20. The van der Waals surface area contributed by atoms with E-state index in [2.05, 4.69) is 10.2 Å². The van der Waals surface area contributed by atoms with Gasteiger partial charge in [-0.05, 0) is 54.8 Å². The van der Waals surface area contributed by atoms with Crippen molar-refractivity contribution in [3.63, 3.8) is 0 Å². The van der Waals surface area contributed by atoms with E-state index < -0.39 is 27.1 Å². The molecular weight excluding hydrogens is 446 g/mol. The number of amides is 1. The molecule has 9 nitrogen and oxygen atoms in total. The van der Waals surface area contributed by atoms with Gasteiger partial charge in [0, 0.05) is 17.6 Å². The molecule has 0 spiro atoms. The summed E-state index contributed by atoms with van der Waals surface area (Å²) in [7, 11) is -3.33. The second kappa shape index (κ2) is 9.86. The zero-order valence-electron chi connectivity index (χ0n) is 18.5. The molecule has 1 amide bonds. The van der Waals surface area contributed by atoms with Gasteiger partial charge in [-0.2, -0.15) is 0 Å². The normalized spacial score (nSPS) is 12.2. The van der Waals surface area contributed by atoms with Crippen LogP contribution in [0, 0.1) is 17.0 Å². The molecule has 1 aromatic heterocycles. The van der Waals surface area contributed by atoms with Gasteiger partial charge < -0.3 is 9.88 Å². The molecule has 3 aromatic rings. The minimum absolute atomic E-state index is 0.00232. The van der Waals surface area contributed by atoms with Gasteiger partial charge in [0.05, 0.1) is 17.0 Å². The number of benzene rings is 2. The fourth-order valence-electron chi connectivity index (χ4n) is 3.54. The van der Waals surface area contributed by atoms with Gasteiger partial charge in [0.1, 0.15) is 0 Å². The van der Waals surface area contributed by atoms with Crippen LogP contribution >= 0.6 is 0 Å². The molecule has 0 bridgehead atoms. The van der Waals surface area contributed by atoms with E-state index >= 15 is 0 Å². The highest BCUT2D eigenvalue weighted by atomic mass is 32.2. The first kappa shape index (κ1) is 24.0. The zero-order chi connectivity index (χ0) is 24.2. The molecule has 0 aliphatic carbocycles. The van der Waals surface area contributed by atoms with Crippen LogP contribution in [0.4, 0.5) is 0 Å². The maximum Gasteiger partial charge on any atom is 0.296 e. The van der Waals surface area contributed by atoms with Gasteiger partial charge >= 0.3 is 0 Å². The summed E-state index contributed by atoms with van der Waals surface area (Å²) in [4.78, 5) is 27.9. The molecule has 174 valence electrons. The largest absolute Gasteiger partial charge is 0.331 e. The van der Waals surface area contributed by atoms with Gasteiger partial charge in [-0.1, -0.05) is 37.3 Å². The smallest absolute Gasteiger partial charge is 0.296 e. The zero-order valence-corrected chi connectivity index (χ0v) is 19.3. The van der Waals surface area contributed by atoms with Crippen molar-refractivity contribution in [2.24, 2.45) is 0 Å². The molecule has 3 rings (SSSR count). The molecule has 0 aliphatic rings. The summed E-state index contributed by atoms with van der Waals surface area (Å²) in [6, 6.07) is 18.0. The lowest BCUT2D eigenvalue weighted by Crippen LogP contribution is -2.38. The number of hydrogen-bond donors (Lipinski definition) is 1. The van der Waals surface area contributed by atoms with Crippen LogP contribution in [0.3, 0.4) is 0 Å². The summed E-state index contributed by atoms with van der Waals surface area (Å²) in [6.45, 7) is 3.55. The van der Waals surface area contributed by atoms with E-state index in [1.54, 1.807) is 31.2 Å². The Morgan fingerprint density at radius 1 is 1.15 bits per heavy atom. The van der Waals surface area contributed by atoms with Crippen LogP contribution in [0.25, 0.3) is 16.9 Å². The quantitative estimate of drug-likeness (QED) is 0.290. The van der Waals surface area contributed by atoms with Crippen LogP contribution in [0.5, 0.6) is 0 Å². The van der Waals surface area contributed by atoms with Gasteiger partial charge in [-0.15, -0.1) is 10.1 Å². The number of rotatable bonds is 9. The van der Waals surface area contributed by atoms with Gasteiger partial charge in [-0.25, -0.2) is 8.42 Å². The Balaban J connectivity index is 1.99. The van der Waals surface area contributed by atoms with Crippen LogP contribution in [-0.4, -0.2) is 36.5 Å². The van der Waals surface area contributed by atoms with E-state index in [0.717, 1.165) is 34.5 Å². The lowest BCUT2D eigenvalue weighted by atomic mass is 10.1. The number of hydrogen-bond acceptors (Lipinski definition) is 6. The number of sulfone groups is 1. The molecule has 33 heavy (non-hydrogen) atoms. The number of aromatic nitrogens is 1. The average Bonchev–Trinajstić information content (AvgIpc) is 3.08. The maximum atomic E-state index is 12.6. The highest BCUT2D eigenvalue weighted by molar-refractivity contribution is 7.90. The monoisotopic (exact) mass is 471 g/mol.